The Morgan fingerprint density at radius 1 is 0.875 bits per heavy atom. The lowest BCUT2D eigenvalue weighted by Crippen LogP contribution is -2.22. The van der Waals surface area contributed by atoms with Gasteiger partial charge in [0.05, 0.1) is 0 Å². The third-order valence-electron chi connectivity index (χ3n) is 2.65. The maximum absolute atomic E-state index is 13.5. The topological polar surface area (TPSA) is 0 Å². The van der Waals surface area contributed by atoms with Crippen LogP contribution in [0.25, 0.3) is 0 Å². The van der Waals surface area contributed by atoms with E-state index in [0.29, 0.717) is 6.42 Å². The van der Waals surface area contributed by atoms with E-state index in [9.17, 15) is 8.78 Å². The first-order valence-electron chi connectivity index (χ1n) is 6.44. The molecule has 0 aromatic rings. The monoisotopic (exact) mass is 248 g/mol. The van der Waals surface area contributed by atoms with Crippen molar-refractivity contribution in [2.45, 2.75) is 71.5 Å². The molecule has 3 heteroatoms. The highest BCUT2D eigenvalue weighted by Gasteiger charge is 2.23. The Hall–Kier alpha value is -0.183. The average Bonchev–Trinajstić information content (AvgIpc) is 2.20. The fourth-order valence-corrected chi connectivity index (χ4v) is 2.52. The Morgan fingerprint density at radius 2 is 1.38 bits per heavy atom. The Kier molecular flexibility index (Phi) is 7.90. The van der Waals surface area contributed by atoms with Crippen LogP contribution in [0.4, 0.5) is 8.78 Å². The lowest BCUT2D eigenvalue weighted by atomic mass is 10.1. The van der Waals surface area contributed by atoms with Crippen LogP contribution in [0.3, 0.4) is 0 Å². The van der Waals surface area contributed by atoms with Gasteiger partial charge in [0.1, 0.15) is 19.4 Å². The summed E-state index contributed by atoms with van der Waals surface area (Å²) in [7, 11) is -2.07. The molecule has 0 atom stereocenters. The summed E-state index contributed by atoms with van der Waals surface area (Å²) in [5.41, 5.74) is -0.443. The quantitative estimate of drug-likeness (QED) is 0.378. The van der Waals surface area contributed by atoms with E-state index in [1.807, 2.05) is 19.6 Å². The zero-order valence-corrected chi connectivity index (χ0v) is 12.2. The predicted molar refractivity (Wildman–Crippen MR) is 70.6 cm³/mol. The molecule has 0 saturated carbocycles. The molecule has 0 aliphatic carbocycles. The minimum atomic E-state index is -2.07. The van der Waals surface area contributed by atoms with E-state index >= 15 is 0 Å². The van der Waals surface area contributed by atoms with Crippen LogP contribution in [0.2, 0.25) is 19.6 Å². The normalized spacial score (nSPS) is 13.9. The van der Waals surface area contributed by atoms with Crippen LogP contribution in [0.5, 0.6) is 0 Å². The molecule has 0 aliphatic heterocycles. The van der Waals surface area contributed by atoms with Gasteiger partial charge in [-0.05, 0) is 6.42 Å². The Morgan fingerprint density at radius 3 is 1.88 bits per heavy atom. The van der Waals surface area contributed by atoms with Crippen molar-refractivity contribution in [3.05, 3.63) is 11.3 Å². The van der Waals surface area contributed by atoms with Crippen LogP contribution in [0, 0.1) is 0 Å². The van der Waals surface area contributed by atoms with Gasteiger partial charge in [0.2, 0.25) is 0 Å². The van der Waals surface area contributed by atoms with E-state index in [4.69, 9.17) is 0 Å². The Balaban J connectivity index is 3.77. The summed E-state index contributed by atoms with van der Waals surface area (Å²) in [5, 5.41) is 0. The highest BCUT2D eigenvalue weighted by Crippen LogP contribution is 2.24. The average molecular weight is 248 g/mol. The summed E-state index contributed by atoms with van der Waals surface area (Å²) in [5.74, 6) is -0.491. The van der Waals surface area contributed by atoms with Crippen molar-refractivity contribution in [3.63, 3.8) is 0 Å². The summed E-state index contributed by atoms with van der Waals surface area (Å²) in [6.07, 6.45) is 6.94. The van der Waals surface area contributed by atoms with E-state index in [0.717, 1.165) is 19.3 Å². The van der Waals surface area contributed by atoms with Crippen molar-refractivity contribution < 1.29 is 8.78 Å². The molecule has 0 saturated heterocycles. The largest absolute Gasteiger partial charge is 0.215 e. The Bertz CT molecular complexity index is 216. The zero-order chi connectivity index (χ0) is 12.6. The molecular weight excluding hydrogens is 222 g/mol. The van der Waals surface area contributed by atoms with E-state index < -0.39 is 19.4 Å². The smallest absolute Gasteiger partial charge is 0.126 e. The number of unbranched alkanes of at least 4 members (excludes halogenated alkanes) is 5. The van der Waals surface area contributed by atoms with Crippen LogP contribution in [0.15, 0.2) is 11.3 Å². The van der Waals surface area contributed by atoms with Gasteiger partial charge in [-0.25, -0.2) is 8.78 Å². The van der Waals surface area contributed by atoms with Crippen molar-refractivity contribution >= 4 is 8.07 Å². The second kappa shape index (κ2) is 7.99. The lowest BCUT2D eigenvalue weighted by Gasteiger charge is -2.13. The summed E-state index contributed by atoms with van der Waals surface area (Å²) >= 11 is 0. The summed E-state index contributed by atoms with van der Waals surface area (Å²) in [4.78, 5) is 0. The molecule has 0 aromatic heterocycles. The fraction of sp³-hybridized carbons (Fsp3) is 0.846. The van der Waals surface area contributed by atoms with E-state index in [-0.39, 0.29) is 0 Å². The number of rotatable bonds is 8. The van der Waals surface area contributed by atoms with Gasteiger partial charge < -0.3 is 0 Å². The third-order valence-corrected chi connectivity index (χ3v) is 4.23. The van der Waals surface area contributed by atoms with Gasteiger partial charge in [0.25, 0.3) is 0 Å². The van der Waals surface area contributed by atoms with Crippen LogP contribution < -0.4 is 0 Å². The van der Waals surface area contributed by atoms with Gasteiger partial charge in [0.15, 0.2) is 0 Å². The maximum atomic E-state index is 13.5. The highest BCUT2D eigenvalue weighted by molar-refractivity contribution is 6.82. The van der Waals surface area contributed by atoms with Crippen LogP contribution in [-0.4, -0.2) is 8.07 Å². The lowest BCUT2D eigenvalue weighted by molar-refractivity contribution is 0.505. The fourth-order valence-electron chi connectivity index (χ4n) is 1.58. The number of hydrogen-bond acceptors (Lipinski definition) is 0. The number of halogens is 2. The van der Waals surface area contributed by atoms with Gasteiger partial charge in [-0.3, -0.25) is 0 Å². The van der Waals surface area contributed by atoms with E-state index in [1.165, 1.54) is 19.3 Å². The summed E-state index contributed by atoms with van der Waals surface area (Å²) in [6, 6.07) is 0. The molecule has 0 aliphatic rings. The van der Waals surface area contributed by atoms with Crippen LogP contribution >= 0.6 is 0 Å². The summed E-state index contributed by atoms with van der Waals surface area (Å²) in [6.45, 7) is 7.68. The number of hydrogen-bond donors (Lipinski definition) is 0. The molecule has 0 spiro atoms. The van der Waals surface area contributed by atoms with Gasteiger partial charge in [-0.2, -0.15) is 0 Å². The molecule has 0 radical (unpaired) electrons. The predicted octanol–water partition coefficient (Wildman–Crippen LogP) is 5.77. The number of allylic oxidation sites excluding steroid dienone is 1. The first-order chi connectivity index (χ1) is 7.39. The van der Waals surface area contributed by atoms with Crippen LogP contribution in [-0.2, 0) is 0 Å². The van der Waals surface area contributed by atoms with Crippen molar-refractivity contribution in [3.8, 4) is 0 Å². The molecule has 0 rings (SSSR count). The highest BCUT2D eigenvalue weighted by atomic mass is 28.3. The second-order valence-corrected chi connectivity index (χ2v) is 10.4. The molecule has 0 nitrogen and oxygen atoms in total. The minimum absolute atomic E-state index is 0.294. The Labute approximate surface area is 100 Å². The molecule has 0 unspecified atom stereocenters. The first kappa shape index (κ1) is 15.8. The molecule has 0 amide bonds. The van der Waals surface area contributed by atoms with Gasteiger partial charge in [0, 0.05) is 6.42 Å². The van der Waals surface area contributed by atoms with Gasteiger partial charge >= 0.3 is 0 Å². The second-order valence-electron chi connectivity index (χ2n) is 5.49. The van der Waals surface area contributed by atoms with Crippen molar-refractivity contribution in [1.29, 1.82) is 0 Å². The molecule has 0 aromatic carbocycles. The summed E-state index contributed by atoms with van der Waals surface area (Å²) < 4.78 is 26.9. The third kappa shape index (κ3) is 7.15. The molecule has 0 N–H and O–H groups in total. The first-order valence-corrected chi connectivity index (χ1v) is 9.94. The SMILES string of the molecule is CCCCCCCC/C(F)=C(\F)[Si](C)(C)C. The van der Waals surface area contributed by atoms with Crippen LogP contribution in [0.1, 0.15) is 51.9 Å². The van der Waals surface area contributed by atoms with Gasteiger partial charge in [-0.15, -0.1) is 0 Å². The minimum Gasteiger partial charge on any atom is -0.215 e. The van der Waals surface area contributed by atoms with Crippen molar-refractivity contribution in [2.75, 3.05) is 0 Å². The van der Waals surface area contributed by atoms with E-state index in [1.54, 1.807) is 0 Å². The van der Waals surface area contributed by atoms with Crippen molar-refractivity contribution in [2.24, 2.45) is 0 Å². The maximum Gasteiger partial charge on any atom is 0.126 e. The molecule has 0 heterocycles. The van der Waals surface area contributed by atoms with E-state index in [2.05, 4.69) is 6.92 Å². The standard InChI is InChI=1S/C13H26F2Si/c1-5-6-7-8-9-10-11-12(14)13(15)16(2,3)4/h5-11H2,1-4H3/b13-12-. The molecule has 96 valence electrons. The molecule has 0 fully saturated rings. The van der Waals surface area contributed by atoms with Gasteiger partial charge in [-0.1, -0.05) is 58.7 Å². The zero-order valence-electron chi connectivity index (χ0n) is 11.2. The molecular formula is C13H26F2Si. The molecule has 0 bridgehead atoms. The molecule has 16 heavy (non-hydrogen) atoms. The van der Waals surface area contributed by atoms with Crippen molar-refractivity contribution in [1.82, 2.24) is 0 Å².